The second kappa shape index (κ2) is 7.44. The summed E-state index contributed by atoms with van der Waals surface area (Å²) in [5.41, 5.74) is 1.43. The molecule has 2 heteroatoms. The average Bonchev–Trinajstić information content (AvgIpc) is 1.89. The summed E-state index contributed by atoms with van der Waals surface area (Å²) in [4.78, 5) is 9.76. The molecule has 0 N–H and O–H groups in total. The van der Waals surface area contributed by atoms with Crippen LogP contribution in [0.15, 0.2) is 23.8 Å². The van der Waals surface area contributed by atoms with Gasteiger partial charge >= 0.3 is 0 Å². The van der Waals surface area contributed by atoms with E-state index in [0.29, 0.717) is 6.42 Å². The molecule has 0 aromatic rings. The van der Waals surface area contributed by atoms with Gasteiger partial charge in [-0.1, -0.05) is 29.8 Å². The molecular formula is C7H9ClO. The first-order chi connectivity index (χ1) is 4.41. The minimum atomic E-state index is 0.590. The highest BCUT2D eigenvalue weighted by Gasteiger charge is 1.73. The predicted molar refractivity (Wildman–Crippen MR) is 39.4 cm³/mol. The van der Waals surface area contributed by atoms with Crippen LogP contribution in [0.3, 0.4) is 0 Å². The van der Waals surface area contributed by atoms with Crippen LogP contribution >= 0.6 is 11.6 Å². The summed E-state index contributed by atoms with van der Waals surface area (Å²) in [7, 11) is 0. The first-order valence-electron chi connectivity index (χ1n) is 2.77. The van der Waals surface area contributed by atoms with Crippen molar-refractivity contribution in [3.8, 4) is 0 Å². The maximum Gasteiger partial charge on any atom is 0.120 e. The minimum Gasteiger partial charge on any atom is -0.303 e. The van der Waals surface area contributed by atoms with Crippen molar-refractivity contribution >= 4 is 17.9 Å². The smallest absolute Gasteiger partial charge is 0.120 e. The molecule has 9 heavy (non-hydrogen) atoms. The van der Waals surface area contributed by atoms with Crippen LogP contribution in [0, 0.1) is 0 Å². The van der Waals surface area contributed by atoms with Gasteiger partial charge in [0.25, 0.3) is 0 Å². The molecule has 0 aromatic heterocycles. The first kappa shape index (κ1) is 8.44. The summed E-state index contributed by atoms with van der Waals surface area (Å²) in [6.07, 6.45) is 7.71. The number of hydrogen-bond donors (Lipinski definition) is 0. The molecule has 0 amide bonds. The number of hydrogen-bond acceptors (Lipinski definition) is 1. The topological polar surface area (TPSA) is 17.1 Å². The van der Waals surface area contributed by atoms with Gasteiger partial charge in [-0.3, -0.25) is 0 Å². The molecule has 0 spiro atoms. The fourth-order valence-corrected chi connectivity index (χ4v) is 0.465. The van der Waals surface area contributed by atoms with E-state index in [1.165, 1.54) is 5.54 Å². The van der Waals surface area contributed by atoms with E-state index < -0.39 is 0 Å². The highest BCUT2D eigenvalue weighted by atomic mass is 35.5. The van der Waals surface area contributed by atoms with Gasteiger partial charge < -0.3 is 4.79 Å². The molecule has 0 bridgehead atoms. The minimum absolute atomic E-state index is 0.590. The maximum absolute atomic E-state index is 9.76. The number of carbonyl (C=O) groups excluding carboxylic acids is 1. The van der Waals surface area contributed by atoms with Crippen molar-refractivity contribution in [1.82, 2.24) is 0 Å². The summed E-state index contributed by atoms with van der Waals surface area (Å²) in [6.45, 7) is 0. The third kappa shape index (κ3) is 7.44. The zero-order chi connectivity index (χ0) is 6.95. The van der Waals surface area contributed by atoms with Crippen LogP contribution in [-0.4, -0.2) is 6.29 Å². The lowest BCUT2D eigenvalue weighted by molar-refractivity contribution is -0.107. The Morgan fingerprint density at radius 2 is 2.00 bits per heavy atom. The van der Waals surface area contributed by atoms with Gasteiger partial charge in [0.15, 0.2) is 0 Å². The Bertz CT molecular complexity index is 116. The van der Waals surface area contributed by atoms with Crippen LogP contribution in [-0.2, 0) is 4.79 Å². The van der Waals surface area contributed by atoms with Crippen LogP contribution in [0.2, 0.25) is 0 Å². The van der Waals surface area contributed by atoms with Crippen molar-refractivity contribution in [1.29, 1.82) is 0 Å². The van der Waals surface area contributed by atoms with E-state index in [4.69, 9.17) is 11.6 Å². The Balaban J connectivity index is 3.14. The lowest BCUT2D eigenvalue weighted by Gasteiger charge is -1.77. The zero-order valence-corrected chi connectivity index (χ0v) is 5.84. The van der Waals surface area contributed by atoms with Crippen molar-refractivity contribution in [3.63, 3.8) is 0 Å². The summed E-state index contributed by atoms with van der Waals surface area (Å²) >= 11 is 5.21. The maximum atomic E-state index is 9.76. The number of unbranched alkanes of at least 4 members (excludes halogenated alkanes) is 1. The fourth-order valence-electron chi connectivity index (χ4n) is 0.381. The number of aldehydes is 1. The fraction of sp³-hybridized carbons (Fsp3) is 0.286. The van der Waals surface area contributed by atoms with E-state index in [2.05, 4.69) is 0 Å². The van der Waals surface area contributed by atoms with Crippen LogP contribution < -0.4 is 0 Å². The monoisotopic (exact) mass is 144 g/mol. The molecular weight excluding hydrogens is 136 g/mol. The normalized spacial score (nSPS) is 11.2. The van der Waals surface area contributed by atoms with Crippen molar-refractivity contribution in [3.05, 3.63) is 23.8 Å². The van der Waals surface area contributed by atoms with Gasteiger partial charge in [-0.15, -0.1) is 0 Å². The average molecular weight is 145 g/mol. The van der Waals surface area contributed by atoms with Crippen LogP contribution in [0.5, 0.6) is 0 Å². The Morgan fingerprint density at radius 1 is 1.22 bits per heavy atom. The van der Waals surface area contributed by atoms with Crippen molar-refractivity contribution < 1.29 is 4.79 Å². The molecule has 0 radical (unpaired) electrons. The van der Waals surface area contributed by atoms with E-state index >= 15 is 0 Å². The van der Waals surface area contributed by atoms with Gasteiger partial charge in [0, 0.05) is 12.0 Å². The van der Waals surface area contributed by atoms with E-state index in [-0.39, 0.29) is 0 Å². The van der Waals surface area contributed by atoms with E-state index in [0.717, 1.165) is 12.7 Å². The van der Waals surface area contributed by atoms with Gasteiger partial charge in [-0.2, -0.15) is 0 Å². The molecule has 50 valence electrons. The molecule has 0 saturated carbocycles. The van der Waals surface area contributed by atoms with E-state index in [1.807, 2.05) is 12.2 Å². The summed E-state index contributed by atoms with van der Waals surface area (Å²) in [6, 6.07) is 0. The number of rotatable bonds is 4. The quantitative estimate of drug-likeness (QED) is 0.336. The van der Waals surface area contributed by atoms with Gasteiger partial charge in [-0.05, 0) is 6.42 Å². The van der Waals surface area contributed by atoms with Crippen LogP contribution in [0.25, 0.3) is 0 Å². The Hall–Kier alpha value is -0.560. The number of carbonyl (C=O) groups is 1. The lowest BCUT2D eigenvalue weighted by Crippen LogP contribution is -1.68. The second-order valence-corrected chi connectivity index (χ2v) is 1.74. The largest absolute Gasteiger partial charge is 0.303 e. The van der Waals surface area contributed by atoms with Crippen molar-refractivity contribution in [2.24, 2.45) is 0 Å². The van der Waals surface area contributed by atoms with Gasteiger partial charge in [0.1, 0.15) is 6.29 Å². The van der Waals surface area contributed by atoms with Crippen LogP contribution in [0.4, 0.5) is 0 Å². The molecule has 0 rings (SSSR count). The van der Waals surface area contributed by atoms with E-state index in [9.17, 15) is 4.79 Å². The van der Waals surface area contributed by atoms with Gasteiger partial charge in [0.2, 0.25) is 0 Å². The molecule has 0 heterocycles. The van der Waals surface area contributed by atoms with Crippen LogP contribution in [0.1, 0.15) is 12.8 Å². The molecule has 0 unspecified atom stereocenters. The summed E-state index contributed by atoms with van der Waals surface area (Å²) in [5.74, 6) is 0. The predicted octanol–water partition coefficient (Wildman–Crippen LogP) is 2.27. The highest BCUT2D eigenvalue weighted by molar-refractivity contribution is 6.25. The molecule has 0 aliphatic heterocycles. The molecule has 0 atom stereocenters. The Morgan fingerprint density at radius 3 is 2.56 bits per heavy atom. The molecule has 1 nitrogen and oxygen atoms in total. The summed E-state index contributed by atoms with van der Waals surface area (Å²) < 4.78 is 0. The van der Waals surface area contributed by atoms with Gasteiger partial charge in [0.05, 0.1) is 0 Å². The first-order valence-corrected chi connectivity index (χ1v) is 3.21. The van der Waals surface area contributed by atoms with E-state index in [1.54, 1.807) is 6.08 Å². The summed E-state index contributed by atoms with van der Waals surface area (Å²) in [5, 5.41) is 0. The van der Waals surface area contributed by atoms with Gasteiger partial charge in [-0.25, -0.2) is 0 Å². The zero-order valence-electron chi connectivity index (χ0n) is 5.09. The lowest BCUT2D eigenvalue weighted by atomic mass is 10.3. The molecule has 0 fully saturated rings. The number of allylic oxidation sites excluding steroid dienone is 3. The molecule has 0 saturated heterocycles. The standard InChI is InChI=1S/C7H9ClO/c8-6-4-2-1-3-5-7-9/h1-2,4,6-7H,3,5H2/b2-1-,6-4+. The number of halogens is 1. The molecule has 0 aliphatic rings. The Kier molecular flexibility index (Phi) is 6.98. The third-order valence-electron chi connectivity index (χ3n) is 0.771. The van der Waals surface area contributed by atoms with Crippen molar-refractivity contribution in [2.45, 2.75) is 12.8 Å². The third-order valence-corrected chi connectivity index (χ3v) is 0.917. The SMILES string of the molecule is O=CCC/C=C\C=C\Cl. The molecule has 0 aliphatic carbocycles. The second-order valence-electron chi connectivity index (χ2n) is 1.49. The molecule has 0 aromatic carbocycles. The van der Waals surface area contributed by atoms with Crippen molar-refractivity contribution in [2.75, 3.05) is 0 Å². The highest BCUT2D eigenvalue weighted by Crippen LogP contribution is 1.88. The Labute approximate surface area is 60.0 Å².